The second-order valence-electron chi connectivity index (χ2n) is 4.84. The lowest BCUT2D eigenvalue weighted by Gasteiger charge is -2.22. The normalized spacial score (nSPS) is 27.1. The Morgan fingerprint density at radius 2 is 1.82 bits per heavy atom. The molecule has 0 radical (unpaired) electrons. The zero-order valence-corrected chi connectivity index (χ0v) is 11.0. The summed E-state index contributed by atoms with van der Waals surface area (Å²) in [6.07, 6.45) is 6.84. The van der Waals surface area contributed by atoms with Crippen LogP contribution in [0.25, 0.3) is 0 Å². The third-order valence-corrected chi connectivity index (χ3v) is 4.36. The maximum absolute atomic E-state index is 11.9. The van der Waals surface area contributed by atoms with Gasteiger partial charge < -0.3 is 0 Å². The van der Waals surface area contributed by atoms with Crippen molar-refractivity contribution in [2.75, 3.05) is 0 Å². The van der Waals surface area contributed by atoms with E-state index in [4.69, 9.17) is 0 Å². The van der Waals surface area contributed by atoms with Crippen LogP contribution in [0.2, 0.25) is 0 Å². The van der Waals surface area contributed by atoms with Crippen LogP contribution in [0.15, 0.2) is 39.6 Å². The zero-order valence-electron chi connectivity index (χ0n) is 10.2. The maximum Gasteiger partial charge on any atom is 0.172 e. The van der Waals surface area contributed by atoms with Crippen LogP contribution in [0, 0.1) is 11.8 Å². The SMILES string of the molecule is CC1CCC(/C=N/S(=O)c2ccccc2)CC1. The van der Waals surface area contributed by atoms with Crippen molar-refractivity contribution in [1.82, 2.24) is 0 Å². The van der Waals surface area contributed by atoms with E-state index >= 15 is 0 Å². The average Bonchev–Trinajstić information content (AvgIpc) is 2.39. The first-order valence-electron chi connectivity index (χ1n) is 6.27. The van der Waals surface area contributed by atoms with Crippen molar-refractivity contribution in [3.8, 4) is 0 Å². The van der Waals surface area contributed by atoms with Gasteiger partial charge in [0.25, 0.3) is 0 Å². The molecule has 17 heavy (non-hydrogen) atoms. The Balaban J connectivity index is 1.90. The maximum atomic E-state index is 11.9. The van der Waals surface area contributed by atoms with Crippen molar-refractivity contribution >= 4 is 17.2 Å². The van der Waals surface area contributed by atoms with E-state index in [9.17, 15) is 4.21 Å². The minimum absolute atomic E-state index is 0.527. The van der Waals surface area contributed by atoms with Gasteiger partial charge in [0.05, 0.1) is 4.90 Å². The van der Waals surface area contributed by atoms with Crippen LogP contribution in [-0.2, 0) is 11.0 Å². The minimum Gasteiger partial charge on any atom is -0.230 e. The first kappa shape index (κ1) is 12.5. The van der Waals surface area contributed by atoms with Crippen LogP contribution in [0.3, 0.4) is 0 Å². The highest BCUT2D eigenvalue weighted by Gasteiger charge is 2.16. The largest absolute Gasteiger partial charge is 0.230 e. The van der Waals surface area contributed by atoms with E-state index in [1.165, 1.54) is 25.7 Å². The van der Waals surface area contributed by atoms with Crippen molar-refractivity contribution < 1.29 is 4.21 Å². The first-order valence-corrected chi connectivity index (χ1v) is 7.37. The molecule has 0 aliphatic heterocycles. The summed E-state index contributed by atoms with van der Waals surface area (Å²) in [6.45, 7) is 2.30. The van der Waals surface area contributed by atoms with Gasteiger partial charge in [-0.1, -0.05) is 38.0 Å². The molecule has 0 heterocycles. The van der Waals surface area contributed by atoms with Gasteiger partial charge in [0, 0.05) is 6.21 Å². The first-order chi connectivity index (χ1) is 8.25. The molecule has 1 aliphatic rings. The predicted octanol–water partition coefficient (Wildman–Crippen LogP) is 3.61. The van der Waals surface area contributed by atoms with Gasteiger partial charge in [-0.2, -0.15) is 4.40 Å². The Morgan fingerprint density at radius 1 is 1.18 bits per heavy atom. The van der Waals surface area contributed by atoms with Crippen LogP contribution in [0.1, 0.15) is 32.6 Å². The van der Waals surface area contributed by atoms with Crippen LogP contribution in [-0.4, -0.2) is 10.4 Å². The smallest absolute Gasteiger partial charge is 0.172 e. The van der Waals surface area contributed by atoms with Crippen LogP contribution in [0.4, 0.5) is 0 Å². The van der Waals surface area contributed by atoms with Gasteiger partial charge in [0.2, 0.25) is 0 Å². The van der Waals surface area contributed by atoms with Crippen LogP contribution < -0.4 is 0 Å². The molecule has 2 rings (SSSR count). The summed E-state index contributed by atoms with van der Waals surface area (Å²) >= 11 is 0. The lowest BCUT2D eigenvalue weighted by molar-refractivity contribution is 0.347. The van der Waals surface area contributed by atoms with E-state index in [-0.39, 0.29) is 0 Å². The Labute approximate surface area is 106 Å². The Hall–Kier alpha value is -0.960. The molecule has 0 aromatic heterocycles. The van der Waals surface area contributed by atoms with Crippen LogP contribution in [0.5, 0.6) is 0 Å². The zero-order chi connectivity index (χ0) is 12.1. The highest BCUT2D eigenvalue weighted by Crippen LogP contribution is 2.27. The van der Waals surface area contributed by atoms with Gasteiger partial charge in [-0.05, 0) is 36.8 Å². The molecule has 1 unspecified atom stereocenters. The van der Waals surface area contributed by atoms with E-state index in [0.717, 1.165) is 10.8 Å². The minimum atomic E-state index is -1.22. The fourth-order valence-electron chi connectivity index (χ4n) is 2.17. The number of benzene rings is 1. The molecular weight excluding hydrogens is 230 g/mol. The molecular formula is C14H19NOS. The van der Waals surface area contributed by atoms with Gasteiger partial charge in [0.15, 0.2) is 11.0 Å². The van der Waals surface area contributed by atoms with Crippen LogP contribution >= 0.6 is 0 Å². The Morgan fingerprint density at radius 3 is 2.47 bits per heavy atom. The monoisotopic (exact) mass is 249 g/mol. The topological polar surface area (TPSA) is 29.4 Å². The number of hydrogen-bond donors (Lipinski definition) is 0. The van der Waals surface area contributed by atoms with Crippen molar-refractivity contribution in [2.24, 2.45) is 16.2 Å². The summed E-state index contributed by atoms with van der Waals surface area (Å²) in [5.41, 5.74) is 0. The van der Waals surface area contributed by atoms with Crippen molar-refractivity contribution in [2.45, 2.75) is 37.5 Å². The molecule has 0 bridgehead atoms. The molecule has 3 heteroatoms. The summed E-state index contributed by atoms with van der Waals surface area (Å²) in [4.78, 5) is 0.785. The number of hydrogen-bond acceptors (Lipinski definition) is 1. The number of nitrogens with zero attached hydrogens (tertiary/aromatic N) is 1. The van der Waals surface area contributed by atoms with E-state index in [0.29, 0.717) is 5.92 Å². The fourth-order valence-corrected chi connectivity index (χ4v) is 2.97. The highest BCUT2D eigenvalue weighted by molar-refractivity contribution is 7.83. The van der Waals surface area contributed by atoms with E-state index in [1.54, 1.807) is 0 Å². The quantitative estimate of drug-likeness (QED) is 0.752. The predicted molar refractivity (Wildman–Crippen MR) is 72.5 cm³/mol. The average molecular weight is 249 g/mol. The summed E-state index contributed by atoms with van der Waals surface area (Å²) in [7, 11) is -1.22. The Kier molecular flexibility index (Phi) is 4.49. The molecule has 2 nitrogen and oxygen atoms in total. The van der Waals surface area contributed by atoms with Crippen molar-refractivity contribution in [3.05, 3.63) is 30.3 Å². The lowest BCUT2D eigenvalue weighted by atomic mass is 9.84. The molecule has 0 saturated heterocycles. The molecule has 92 valence electrons. The lowest BCUT2D eigenvalue weighted by Crippen LogP contribution is -2.13. The second kappa shape index (κ2) is 6.10. The van der Waals surface area contributed by atoms with Gasteiger partial charge in [-0.3, -0.25) is 0 Å². The highest BCUT2D eigenvalue weighted by atomic mass is 32.2. The second-order valence-corrected chi connectivity index (χ2v) is 6.02. The molecule has 1 aliphatic carbocycles. The summed E-state index contributed by atoms with van der Waals surface area (Å²) in [6, 6.07) is 9.43. The third kappa shape index (κ3) is 3.77. The van der Waals surface area contributed by atoms with Gasteiger partial charge in [-0.15, -0.1) is 0 Å². The van der Waals surface area contributed by atoms with Gasteiger partial charge >= 0.3 is 0 Å². The van der Waals surface area contributed by atoms with E-state index < -0.39 is 11.0 Å². The Bertz CT molecular complexity index is 394. The molecule has 1 aromatic rings. The summed E-state index contributed by atoms with van der Waals surface area (Å²) < 4.78 is 16.1. The van der Waals surface area contributed by atoms with E-state index in [1.807, 2.05) is 36.5 Å². The fraction of sp³-hybridized carbons (Fsp3) is 0.500. The van der Waals surface area contributed by atoms with E-state index in [2.05, 4.69) is 11.3 Å². The molecule has 0 amide bonds. The van der Waals surface area contributed by atoms with Gasteiger partial charge in [0.1, 0.15) is 0 Å². The third-order valence-electron chi connectivity index (χ3n) is 3.37. The molecule has 0 N–H and O–H groups in total. The molecule has 1 fully saturated rings. The summed E-state index contributed by atoms with van der Waals surface area (Å²) in [5.74, 6) is 1.37. The molecule has 1 atom stereocenters. The van der Waals surface area contributed by atoms with Gasteiger partial charge in [-0.25, -0.2) is 4.21 Å². The number of rotatable bonds is 3. The molecule has 1 aromatic carbocycles. The van der Waals surface area contributed by atoms with Crippen molar-refractivity contribution in [1.29, 1.82) is 0 Å². The van der Waals surface area contributed by atoms with Crippen molar-refractivity contribution in [3.63, 3.8) is 0 Å². The standard InChI is InChI=1S/C14H19NOS/c1-12-7-9-13(10-8-12)11-15-17(16)14-5-3-2-4-6-14/h2-6,11-13H,7-10H2,1H3/b15-11+. The summed E-state index contributed by atoms with van der Waals surface area (Å²) in [5, 5.41) is 0. The molecule has 0 spiro atoms. The molecule has 1 saturated carbocycles.